The van der Waals surface area contributed by atoms with Crippen LogP contribution in [0.4, 0.5) is 0 Å². The average Bonchev–Trinajstić information content (AvgIpc) is 2.10. The van der Waals surface area contributed by atoms with Gasteiger partial charge in [0.15, 0.2) is 0 Å². The van der Waals surface area contributed by atoms with Gasteiger partial charge in [-0.05, 0) is 26.2 Å². The molecule has 0 aliphatic heterocycles. The summed E-state index contributed by atoms with van der Waals surface area (Å²) in [6.07, 6.45) is 9.86. The zero-order valence-electron chi connectivity index (χ0n) is 7.43. The molecule has 0 fully saturated rings. The van der Waals surface area contributed by atoms with Crippen LogP contribution in [0.25, 0.3) is 0 Å². The van der Waals surface area contributed by atoms with E-state index in [4.69, 9.17) is 5.73 Å². The Kier molecular flexibility index (Phi) is 2.50. The Hall–Kier alpha value is -0.560. The van der Waals surface area contributed by atoms with Crippen molar-refractivity contribution in [1.82, 2.24) is 0 Å². The van der Waals surface area contributed by atoms with E-state index < -0.39 is 0 Å². The maximum absolute atomic E-state index is 5.97. The van der Waals surface area contributed by atoms with Crippen molar-refractivity contribution in [2.75, 3.05) is 0 Å². The molecule has 1 unspecified atom stereocenters. The number of rotatable bonds is 1. The number of hydrogen-bond acceptors (Lipinski definition) is 1. The second-order valence-electron chi connectivity index (χ2n) is 3.51. The predicted molar refractivity (Wildman–Crippen MR) is 49.3 cm³/mol. The fourth-order valence-electron chi connectivity index (χ4n) is 1.28. The van der Waals surface area contributed by atoms with Crippen molar-refractivity contribution in [2.45, 2.75) is 38.6 Å². The summed E-state index contributed by atoms with van der Waals surface area (Å²) in [6.45, 7) is 4.26. The Labute approximate surface area is 69.0 Å². The van der Waals surface area contributed by atoms with Gasteiger partial charge in [-0.25, -0.2) is 0 Å². The van der Waals surface area contributed by atoms with Crippen molar-refractivity contribution in [3.8, 4) is 0 Å². The van der Waals surface area contributed by atoms with Gasteiger partial charge in [-0.3, -0.25) is 0 Å². The molecule has 62 valence electrons. The highest BCUT2D eigenvalue weighted by atomic mass is 14.7. The smallest absolute Gasteiger partial charge is 0.0316 e. The van der Waals surface area contributed by atoms with Gasteiger partial charge in [0, 0.05) is 5.54 Å². The van der Waals surface area contributed by atoms with Gasteiger partial charge in [0.05, 0.1) is 0 Å². The van der Waals surface area contributed by atoms with Gasteiger partial charge in [0.2, 0.25) is 0 Å². The van der Waals surface area contributed by atoms with E-state index >= 15 is 0 Å². The zero-order chi connectivity index (χ0) is 8.32. The van der Waals surface area contributed by atoms with Crippen molar-refractivity contribution >= 4 is 0 Å². The van der Waals surface area contributed by atoms with E-state index in [1.807, 2.05) is 0 Å². The Bertz CT molecular complexity index is 187. The fourth-order valence-corrected chi connectivity index (χ4v) is 1.28. The summed E-state index contributed by atoms with van der Waals surface area (Å²) in [7, 11) is 0. The molecule has 1 heteroatoms. The third kappa shape index (κ3) is 2.51. The molecule has 0 radical (unpaired) electrons. The van der Waals surface area contributed by atoms with E-state index in [1.54, 1.807) is 0 Å². The monoisotopic (exact) mass is 151 g/mol. The number of nitrogens with two attached hydrogens (primary N) is 1. The van der Waals surface area contributed by atoms with E-state index in [9.17, 15) is 0 Å². The molecule has 1 atom stereocenters. The molecule has 1 aliphatic rings. The first-order chi connectivity index (χ1) is 5.14. The van der Waals surface area contributed by atoms with Crippen LogP contribution in [0.2, 0.25) is 0 Å². The minimum absolute atomic E-state index is 0.0899. The van der Waals surface area contributed by atoms with Crippen LogP contribution in [0, 0.1) is 0 Å². The highest BCUT2D eigenvalue weighted by molar-refractivity contribution is 5.24. The first-order valence-electron chi connectivity index (χ1n) is 4.31. The standard InChI is InChI=1S/C10H17N/c1-3-9-5-4-7-10(2,11)8-6-9/h5-6,8H,3-4,7,11H2,1-2H3. The Morgan fingerprint density at radius 3 is 3.00 bits per heavy atom. The molecule has 0 amide bonds. The lowest BCUT2D eigenvalue weighted by Gasteiger charge is -2.17. The maximum Gasteiger partial charge on any atom is 0.0316 e. The Morgan fingerprint density at radius 2 is 2.36 bits per heavy atom. The van der Waals surface area contributed by atoms with Crippen LogP contribution < -0.4 is 5.73 Å². The largest absolute Gasteiger partial charge is 0.322 e. The molecule has 0 saturated carbocycles. The summed E-state index contributed by atoms with van der Waals surface area (Å²) in [6, 6.07) is 0. The quantitative estimate of drug-likeness (QED) is 0.612. The highest BCUT2D eigenvalue weighted by Gasteiger charge is 2.14. The van der Waals surface area contributed by atoms with Crippen molar-refractivity contribution in [3.05, 3.63) is 23.8 Å². The average molecular weight is 151 g/mol. The lowest BCUT2D eigenvalue weighted by atomic mass is 9.98. The summed E-state index contributed by atoms with van der Waals surface area (Å²) in [5, 5.41) is 0. The minimum Gasteiger partial charge on any atom is -0.322 e. The van der Waals surface area contributed by atoms with Crippen LogP contribution in [-0.4, -0.2) is 5.54 Å². The molecule has 1 aliphatic carbocycles. The lowest BCUT2D eigenvalue weighted by Crippen LogP contribution is -2.32. The van der Waals surface area contributed by atoms with Crippen LogP contribution in [0.3, 0.4) is 0 Å². The van der Waals surface area contributed by atoms with Crippen molar-refractivity contribution in [2.24, 2.45) is 5.73 Å². The van der Waals surface area contributed by atoms with Gasteiger partial charge < -0.3 is 5.73 Å². The SMILES string of the molecule is CCC1=CCCC(C)(N)C=C1. The summed E-state index contributed by atoms with van der Waals surface area (Å²) < 4.78 is 0. The zero-order valence-corrected chi connectivity index (χ0v) is 7.43. The van der Waals surface area contributed by atoms with E-state index in [1.165, 1.54) is 5.57 Å². The molecular weight excluding hydrogens is 134 g/mol. The molecule has 0 heterocycles. The van der Waals surface area contributed by atoms with Crippen LogP contribution in [0.15, 0.2) is 23.8 Å². The number of allylic oxidation sites excluding steroid dienone is 3. The third-order valence-electron chi connectivity index (χ3n) is 2.18. The second kappa shape index (κ2) is 3.22. The minimum atomic E-state index is -0.0899. The molecule has 0 saturated heterocycles. The topological polar surface area (TPSA) is 26.0 Å². The van der Waals surface area contributed by atoms with Gasteiger partial charge in [0.1, 0.15) is 0 Å². The molecule has 0 aromatic heterocycles. The van der Waals surface area contributed by atoms with Crippen molar-refractivity contribution < 1.29 is 0 Å². The van der Waals surface area contributed by atoms with Gasteiger partial charge >= 0.3 is 0 Å². The summed E-state index contributed by atoms with van der Waals surface area (Å²) in [4.78, 5) is 0. The third-order valence-corrected chi connectivity index (χ3v) is 2.18. The van der Waals surface area contributed by atoms with Crippen LogP contribution in [0.5, 0.6) is 0 Å². The fraction of sp³-hybridized carbons (Fsp3) is 0.600. The van der Waals surface area contributed by atoms with E-state index in [0.717, 1.165) is 19.3 Å². The van der Waals surface area contributed by atoms with E-state index in [2.05, 4.69) is 32.1 Å². The number of hydrogen-bond donors (Lipinski definition) is 1. The van der Waals surface area contributed by atoms with Gasteiger partial charge in [0.25, 0.3) is 0 Å². The normalized spacial score (nSPS) is 31.4. The van der Waals surface area contributed by atoms with E-state index in [0.29, 0.717) is 0 Å². The molecule has 0 aromatic carbocycles. The highest BCUT2D eigenvalue weighted by Crippen LogP contribution is 2.18. The molecule has 1 nitrogen and oxygen atoms in total. The van der Waals surface area contributed by atoms with Gasteiger partial charge in [-0.1, -0.05) is 30.7 Å². The Balaban J connectivity index is 2.69. The van der Waals surface area contributed by atoms with Gasteiger partial charge in [-0.15, -0.1) is 0 Å². The summed E-state index contributed by atoms with van der Waals surface area (Å²) in [5.41, 5.74) is 7.30. The Morgan fingerprint density at radius 1 is 1.64 bits per heavy atom. The predicted octanol–water partition coefficient (Wildman–Crippen LogP) is 2.39. The summed E-state index contributed by atoms with van der Waals surface area (Å²) in [5.74, 6) is 0. The van der Waals surface area contributed by atoms with Crippen molar-refractivity contribution in [3.63, 3.8) is 0 Å². The van der Waals surface area contributed by atoms with Crippen LogP contribution in [0.1, 0.15) is 33.1 Å². The van der Waals surface area contributed by atoms with Crippen LogP contribution >= 0.6 is 0 Å². The molecule has 11 heavy (non-hydrogen) atoms. The first-order valence-corrected chi connectivity index (χ1v) is 4.31. The molecular formula is C10H17N. The molecule has 2 N–H and O–H groups in total. The molecule has 0 bridgehead atoms. The molecule has 0 spiro atoms. The van der Waals surface area contributed by atoms with E-state index in [-0.39, 0.29) is 5.54 Å². The second-order valence-corrected chi connectivity index (χ2v) is 3.51. The molecule has 0 aromatic rings. The lowest BCUT2D eigenvalue weighted by molar-refractivity contribution is 0.542. The van der Waals surface area contributed by atoms with Crippen LogP contribution in [-0.2, 0) is 0 Å². The molecule has 1 rings (SSSR count). The van der Waals surface area contributed by atoms with Gasteiger partial charge in [-0.2, -0.15) is 0 Å². The first kappa shape index (κ1) is 8.54. The van der Waals surface area contributed by atoms with Crippen molar-refractivity contribution in [1.29, 1.82) is 0 Å². The summed E-state index contributed by atoms with van der Waals surface area (Å²) >= 11 is 0. The maximum atomic E-state index is 5.97.